The van der Waals surface area contributed by atoms with Crippen LogP contribution in [0.5, 0.6) is 0 Å². The minimum Gasteiger partial charge on any atom is -0.465 e. The van der Waals surface area contributed by atoms with Crippen molar-refractivity contribution in [2.75, 3.05) is 26.7 Å². The molecule has 1 saturated heterocycles. The van der Waals surface area contributed by atoms with Crippen LogP contribution in [0.15, 0.2) is 21.5 Å². The van der Waals surface area contributed by atoms with Gasteiger partial charge < -0.3 is 15.1 Å². The van der Waals surface area contributed by atoms with Gasteiger partial charge in [0, 0.05) is 19.1 Å². The Morgan fingerprint density at radius 3 is 2.50 bits per heavy atom. The average molecular weight is 306 g/mol. The number of nitrogens with zero attached hydrogens (tertiary/aromatic N) is 2. The van der Waals surface area contributed by atoms with E-state index in [4.69, 9.17) is 4.42 Å². The lowest BCUT2D eigenvalue weighted by molar-refractivity contribution is 0.213. The number of hydrogen-bond acceptors (Lipinski definition) is 3. The summed E-state index contributed by atoms with van der Waals surface area (Å²) in [5.74, 6) is 2.84. The SMILES string of the molecule is CN=C(NCC(c1ccc(C)o1)N1CCCC1)NC(C)(C)C. The molecule has 1 atom stereocenters. The first-order chi connectivity index (χ1) is 10.4. The molecule has 0 radical (unpaired) electrons. The van der Waals surface area contributed by atoms with Gasteiger partial charge in [0.25, 0.3) is 0 Å². The van der Waals surface area contributed by atoms with Gasteiger partial charge in [-0.2, -0.15) is 0 Å². The van der Waals surface area contributed by atoms with Crippen molar-refractivity contribution in [1.29, 1.82) is 0 Å². The number of nitrogens with one attached hydrogen (secondary N) is 2. The number of rotatable bonds is 4. The van der Waals surface area contributed by atoms with Gasteiger partial charge in [-0.1, -0.05) is 0 Å². The largest absolute Gasteiger partial charge is 0.465 e. The summed E-state index contributed by atoms with van der Waals surface area (Å²) in [7, 11) is 1.81. The van der Waals surface area contributed by atoms with E-state index in [-0.39, 0.29) is 11.6 Å². The monoisotopic (exact) mass is 306 g/mol. The molecule has 0 saturated carbocycles. The zero-order chi connectivity index (χ0) is 16.2. The van der Waals surface area contributed by atoms with Crippen LogP contribution in [0, 0.1) is 6.92 Å². The standard InChI is InChI=1S/C17H30N4O/c1-13-8-9-15(22-13)14(21-10-6-7-11-21)12-19-16(18-5)20-17(2,3)4/h8-9,14H,6-7,10-12H2,1-5H3,(H2,18,19,20). The number of furan rings is 1. The fourth-order valence-corrected chi connectivity index (χ4v) is 2.82. The molecule has 1 aliphatic rings. The van der Waals surface area contributed by atoms with Crippen molar-refractivity contribution in [3.8, 4) is 0 Å². The first-order valence-electron chi connectivity index (χ1n) is 8.18. The fraction of sp³-hybridized carbons (Fsp3) is 0.706. The van der Waals surface area contributed by atoms with Gasteiger partial charge in [-0.15, -0.1) is 0 Å². The normalized spacial score (nSPS) is 18.5. The van der Waals surface area contributed by atoms with Crippen LogP contribution in [-0.4, -0.2) is 43.1 Å². The fourth-order valence-electron chi connectivity index (χ4n) is 2.82. The van der Waals surface area contributed by atoms with Crippen LogP contribution in [-0.2, 0) is 0 Å². The molecule has 1 aromatic heterocycles. The first-order valence-corrected chi connectivity index (χ1v) is 8.18. The van der Waals surface area contributed by atoms with E-state index >= 15 is 0 Å². The van der Waals surface area contributed by atoms with Crippen molar-refractivity contribution in [1.82, 2.24) is 15.5 Å². The lowest BCUT2D eigenvalue weighted by Gasteiger charge is -2.29. The Kier molecular flexibility index (Phi) is 5.51. The lowest BCUT2D eigenvalue weighted by Crippen LogP contribution is -2.49. The summed E-state index contributed by atoms with van der Waals surface area (Å²) < 4.78 is 5.88. The molecule has 22 heavy (non-hydrogen) atoms. The Hall–Kier alpha value is -1.49. The smallest absolute Gasteiger partial charge is 0.191 e. The van der Waals surface area contributed by atoms with Gasteiger partial charge in [0.2, 0.25) is 0 Å². The van der Waals surface area contributed by atoms with Crippen molar-refractivity contribution in [2.45, 2.75) is 52.1 Å². The molecule has 5 heteroatoms. The molecular weight excluding hydrogens is 276 g/mol. The van der Waals surface area contributed by atoms with Gasteiger partial charge >= 0.3 is 0 Å². The van der Waals surface area contributed by atoms with Gasteiger partial charge in [0.15, 0.2) is 5.96 Å². The predicted molar refractivity (Wildman–Crippen MR) is 91.2 cm³/mol. The maximum atomic E-state index is 5.88. The third-order valence-electron chi connectivity index (χ3n) is 3.85. The molecule has 0 aliphatic carbocycles. The third-order valence-corrected chi connectivity index (χ3v) is 3.85. The van der Waals surface area contributed by atoms with E-state index < -0.39 is 0 Å². The molecule has 2 rings (SSSR count). The molecule has 1 fully saturated rings. The molecule has 1 unspecified atom stereocenters. The molecule has 1 aromatic rings. The summed E-state index contributed by atoms with van der Waals surface area (Å²) in [6.45, 7) is 11.5. The molecule has 2 heterocycles. The highest BCUT2D eigenvalue weighted by Crippen LogP contribution is 2.26. The number of aliphatic imine (C=N–C) groups is 1. The van der Waals surface area contributed by atoms with Crippen LogP contribution in [0.4, 0.5) is 0 Å². The van der Waals surface area contributed by atoms with Gasteiger partial charge in [-0.05, 0) is 65.8 Å². The van der Waals surface area contributed by atoms with Crippen LogP contribution in [0.1, 0.15) is 51.2 Å². The molecule has 0 aromatic carbocycles. The van der Waals surface area contributed by atoms with E-state index in [1.807, 2.05) is 20.0 Å². The Labute approximate surface area is 134 Å². The molecule has 2 N–H and O–H groups in total. The minimum atomic E-state index is -0.00768. The van der Waals surface area contributed by atoms with Crippen LogP contribution < -0.4 is 10.6 Å². The van der Waals surface area contributed by atoms with Crippen molar-refractivity contribution >= 4 is 5.96 Å². The first kappa shape index (κ1) is 16.9. The number of guanidine groups is 1. The summed E-state index contributed by atoms with van der Waals surface area (Å²) in [6, 6.07) is 4.40. The summed E-state index contributed by atoms with van der Waals surface area (Å²) >= 11 is 0. The second-order valence-corrected chi connectivity index (χ2v) is 7.04. The van der Waals surface area contributed by atoms with Gasteiger partial charge in [-0.25, -0.2) is 0 Å². The summed E-state index contributed by atoms with van der Waals surface area (Å²) in [4.78, 5) is 6.81. The lowest BCUT2D eigenvalue weighted by atomic mass is 10.1. The van der Waals surface area contributed by atoms with Crippen LogP contribution in [0.2, 0.25) is 0 Å². The Morgan fingerprint density at radius 1 is 1.32 bits per heavy atom. The maximum absolute atomic E-state index is 5.88. The van der Waals surface area contributed by atoms with E-state index in [1.165, 1.54) is 12.8 Å². The second kappa shape index (κ2) is 7.18. The second-order valence-electron chi connectivity index (χ2n) is 7.04. The summed E-state index contributed by atoms with van der Waals surface area (Å²) in [5, 5.41) is 6.85. The van der Waals surface area contributed by atoms with Crippen molar-refractivity contribution in [3.05, 3.63) is 23.7 Å². The van der Waals surface area contributed by atoms with Gasteiger partial charge in [-0.3, -0.25) is 9.89 Å². The Bertz CT molecular complexity index is 495. The third kappa shape index (κ3) is 4.77. The minimum absolute atomic E-state index is 0.00768. The zero-order valence-corrected chi connectivity index (χ0v) is 14.6. The average Bonchev–Trinajstić information content (AvgIpc) is 3.08. The Balaban J connectivity index is 2.03. The molecule has 0 amide bonds. The van der Waals surface area contributed by atoms with Crippen LogP contribution >= 0.6 is 0 Å². The highest BCUT2D eigenvalue weighted by Gasteiger charge is 2.26. The number of hydrogen-bond donors (Lipinski definition) is 2. The predicted octanol–water partition coefficient (Wildman–Crippen LogP) is 2.69. The van der Waals surface area contributed by atoms with Crippen molar-refractivity contribution < 1.29 is 4.42 Å². The summed E-state index contributed by atoms with van der Waals surface area (Å²) in [5.41, 5.74) is -0.00768. The number of likely N-dealkylation sites (tertiary alicyclic amines) is 1. The molecule has 1 aliphatic heterocycles. The van der Waals surface area contributed by atoms with Gasteiger partial charge in [0.1, 0.15) is 11.5 Å². The molecule has 124 valence electrons. The highest BCUT2D eigenvalue weighted by atomic mass is 16.3. The molecule has 0 spiro atoms. The summed E-state index contributed by atoms with van der Waals surface area (Å²) in [6.07, 6.45) is 2.54. The van der Waals surface area contributed by atoms with E-state index in [0.29, 0.717) is 0 Å². The topological polar surface area (TPSA) is 52.8 Å². The van der Waals surface area contributed by atoms with Crippen molar-refractivity contribution in [3.63, 3.8) is 0 Å². The Morgan fingerprint density at radius 2 is 2.00 bits per heavy atom. The van der Waals surface area contributed by atoms with Crippen LogP contribution in [0.3, 0.4) is 0 Å². The highest BCUT2D eigenvalue weighted by molar-refractivity contribution is 5.80. The van der Waals surface area contributed by atoms with E-state index in [9.17, 15) is 0 Å². The number of aryl methyl sites for hydroxylation is 1. The van der Waals surface area contributed by atoms with Crippen molar-refractivity contribution in [2.24, 2.45) is 4.99 Å². The van der Waals surface area contributed by atoms with E-state index in [2.05, 4.69) is 47.4 Å². The van der Waals surface area contributed by atoms with Crippen LogP contribution in [0.25, 0.3) is 0 Å². The van der Waals surface area contributed by atoms with E-state index in [0.717, 1.165) is 37.1 Å². The quantitative estimate of drug-likeness (QED) is 0.663. The zero-order valence-electron chi connectivity index (χ0n) is 14.6. The molecule has 0 bridgehead atoms. The molecule has 5 nitrogen and oxygen atoms in total. The maximum Gasteiger partial charge on any atom is 0.191 e. The van der Waals surface area contributed by atoms with E-state index in [1.54, 1.807) is 0 Å². The van der Waals surface area contributed by atoms with Gasteiger partial charge in [0.05, 0.1) is 6.04 Å². The molecular formula is C17H30N4O.